The maximum absolute atomic E-state index is 5.20. The number of hydrogen-bond donors (Lipinski definition) is 0. The Labute approximate surface area is 574 Å². The fourth-order valence-electron chi connectivity index (χ4n) is 9.84. The quantitative estimate of drug-likeness (QED) is 0.0249. The van der Waals surface area contributed by atoms with Crippen LogP contribution in [-0.2, 0) is 50.5 Å². The van der Waals surface area contributed by atoms with Gasteiger partial charge in [0.15, 0.2) is 0 Å². The minimum atomic E-state index is 0. The smallest absolute Gasteiger partial charge is 0.411 e. The Morgan fingerprint density at radius 2 is 0.272 bits per heavy atom. The third-order valence-corrected chi connectivity index (χ3v) is 17.4. The van der Waals surface area contributed by atoms with Gasteiger partial charge in [-0.1, -0.05) is 330 Å². The molecule has 0 amide bonds. The van der Waals surface area contributed by atoms with Gasteiger partial charge < -0.3 is 119 Å². The van der Waals surface area contributed by atoms with Crippen molar-refractivity contribution >= 4 is 144 Å². The van der Waals surface area contributed by atoms with E-state index in [0.717, 1.165) is 52.4 Å². The number of thiocarbonyl (C=S) groups is 4. The average Bonchev–Trinajstić information content (AvgIpc) is 3.44. The molecule has 0 heterocycles. The van der Waals surface area contributed by atoms with Crippen molar-refractivity contribution in [2.45, 2.75) is 364 Å². The van der Waals surface area contributed by atoms with Gasteiger partial charge in [-0.15, -0.1) is 0 Å². The van der Waals surface area contributed by atoms with E-state index in [1.54, 1.807) is 0 Å². The molecule has 0 aliphatic rings. The molecule has 13 heteroatoms. The van der Waals surface area contributed by atoms with Crippen molar-refractivity contribution in [2.24, 2.45) is 0 Å². The first kappa shape index (κ1) is 91.1. The van der Waals surface area contributed by atoms with Crippen LogP contribution in [0.25, 0.3) is 0 Å². The third-order valence-electron chi connectivity index (χ3n) is 15.3. The summed E-state index contributed by atoms with van der Waals surface area (Å²) in [5.41, 5.74) is 0. The molecule has 0 spiro atoms. The maximum Gasteiger partial charge on any atom is 4.00 e. The molecule has 0 unspecified atom stereocenters. The van der Waals surface area contributed by atoms with Crippen LogP contribution in [0.1, 0.15) is 364 Å². The second-order valence-electron chi connectivity index (χ2n) is 23.2. The molecule has 4 nitrogen and oxygen atoms in total. The van der Waals surface area contributed by atoms with Gasteiger partial charge in [0.25, 0.3) is 0 Å². The van der Waals surface area contributed by atoms with Crippen molar-refractivity contribution in [1.29, 1.82) is 0 Å². The summed E-state index contributed by atoms with van der Waals surface area (Å²) in [5, 5.41) is 0. The topological polar surface area (TPSA) is 13.0 Å². The SMILES string of the molecule is CCCCCCCCN(CCCCCCCC)C(=S)[S-].CCCCCCCCN(CCCCCCCC)C(=S)[S-].CCCCCCCCN(CCCCCCCC)C(=S)[S-].CCCCCCCCN(CCCCCCCC)C(=S)[S-].[Pb+4]. The fraction of sp³-hybridized carbons (Fsp3) is 0.941. The summed E-state index contributed by atoms with van der Waals surface area (Å²) in [6.07, 6.45) is 64.1. The number of hydrogen-bond acceptors (Lipinski definition) is 8. The van der Waals surface area contributed by atoms with Gasteiger partial charge in [0.05, 0.1) is 0 Å². The van der Waals surface area contributed by atoms with Gasteiger partial charge in [-0.3, -0.25) is 0 Å². The molecule has 0 atom stereocenters. The summed E-state index contributed by atoms with van der Waals surface area (Å²) in [5.74, 6) is 0. The van der Waals surface area contributed by atoms with E-state index in [2.05, 4.69) is 75.0 Å². The summed E-state index contributed by atoms with van der Waals surface area (Å²) in [4.78, 5) is 8.96. The van der Waals surface area contributed by atoms with Crippen molar-refractivity contribution in [3.05, 3.63) is 0 Å². The molecule has 0 aromatic carbocycles. The van der Waals surface area contributed by atoms with Gasteiger partial charge in [0.2, 0.25) is 0 Å². The summed E-state index contributed by atoms with van der Waals surface area (Å²) < 4.78 is 2.69. The molecule has 0 saturated carbocycles. The van der Waals surface area contributed by atoms with Gasteiger partial charge in [-0.2, -0.15) is 0 Å². The molecule has 0 aromatic rings. The molecule has 81 heavy (non-hydrogen) atoms. The van der Waals surface area contributed by atoms with Crippen molar-refractivity contribution in [2.75, 3.05) is 52.4 Å². The van der Waals surface area contributed by atoms with Crippen molar-refractivity contribution < 1.29 is 0 Å². The Morgan fingerprint density at radius 1 is 0.185 bits per heavy atom. The first-order valence-corrected chi connectivity index (χ1v) is 38.0. The van der Waals surface area contributed by atoms with Gasteiger partial charge in [-0.05, 0) is 51.4 Å². The van der Waals surface area contributed by atoms with Crippen LogP contribution in [0.4, 0.5) is 0 Å². The summed E-state index contributed by atoms with van der Waals surface area (Å²) in [7, 11) is 0. The Hall–Kier alpha value is 1.36. The van der Waals surface area contributed by atoms with Crippen LogP contribution in [0.3, 0.4) is 0 Å². The summed E-state index contributed by atoms with van der Waals surface area (Å²) in [6, 6.07) is 0. The first-order valence-electron chi connectivity index (χ1n) is 34.7. The maximum atomic E-state index is 5.20. The third kappa shape index (κ3) is 77.4. The molecule has 0 rings (SSSR count). The van der Waals surface area contributed by atoms with Crippen LogP contribution in [0, 0.1) is 0 Å². The van der Waals surface area contributed by atoms with Crippen molar-refractivity contribution in [1.82, 2.24) is 19.6 Å². The fourth-order valence-corrected chi connectivity index (χ4v) is 11.3. The predicted octanol–water partition coefficient (Wildman–Crippen LogP) is 23.0. The van der Waals surface area contributed by atoms with E-state index in [1.165, 1.54) is 308 Å². The second-order valence-corrected chi connectivity index (χ2v) is 27.3. The van der Waals surface area contributed by atoms with Crippen LogP contribution in [0.15, 0.2) is 0 Å². The van der Waals surface area contributed by atoms with E-state index in [9.17, 15) is 0 Å². The van der Waals surface area contributed by atoms with Crippen LogP contribution in [-0.4, -0.2) is 117 Å². The normalized spacial score (nSPS) is 10.6. The van der Waals surface area contributed by atoms with Crippen molar-refractivity contribution in [3.8, 4) is 0 Å². The molecular weight excluding hydrogens is 1340 g/mol. The Bertz CT molecular complexity index is 1000. The van der Waals surface area contributed by atoms with E-state index in [4.69, 9.17) is 99.4 Å². The zero-order valence-electron chi connectivity index (χ0n) is 55.2. The molecule has 0 bridgehead atoms. The monoisotopic (exact) mass is 1470 g/mol. The standard InChI is InChI=1S/4C17H35NS2.Pb/c4*1-3-5-7-9-11-13-15-18(17(19)20)16-14-12-10-8-6-4-2;/h4*3-16H2,1-2H3,(H,19,20);/q;;;;+4/p-4. The summed E-state index contributed by atoms with van der Waals surface area (Å²) >= 11 is 41.6. The molecule has 0 aliphatic heterocycles. The number of unbranched alkanes of at least 4 members (excludes halogenated alkanes) is 40. The minimum absolute atomic E-state index is 0. The van der Waals surface area contributed by atoms with Gasteiger partial charge in [-0.25, -0.2) is 0 Å². The first-order chi connectivity index (χ1) is 38.9. The van der Waals surface area contributed by atoms with E-state index in [0.29, 0.717) is 17.3 Å². The van der Waals surface area contributed by atoms with Gasteiger partial charge in [0, 0.05) is 52.4 Å². The zero-order valence-corrected chi connectivity index (χ0v) is 65.6. The van der Waals surface area contributed by atoms with Crippen molar-refractivity contribution in [3.63, 3.8) is 0 Å². The van der Waals surface area contributed by atoms with E-state index in [1.807, 2.05) is 0 Å². The van der Waals surface area contributed by atoms with E-state index in [-0.39, 0.29) is 27.3 Å². The van der Waals surface area contributed by atoms with E-state index < -0.39 is 0 Å². The van der Waals surface area contributed by atoms with Crippen LogP contribution < -0.4 is 0 Å². The molecule has 0 aliphatic carbocycles. The Balaban J connectivity index is -0.000000316. The Kier molecular flexibility index (Phi) is 89.3. The van der Waals surface area contributed by atoms with Gasteiger partial charge in [0.1, 0.15) is 0 Å². The zero-order chi connectivity index (χ0) is 60.2. The minimum Gasteiger partial charge on any atom is -0.411 e. The Morgan fingerprint density at radius 3 is 0.358 bits per heavy atom. The largest absolute Gasteiger partial charge is 4.00 e. The molecule has 0 fully saturated rings. The van der Waals surface area contributed by atoms with Gasteiger partial charge >= 0.3 is 27.3 Å². The molecule has 0 N–H and O–H groups in total. The predicted molar refractivity (Wildman–Crippen MR) is 399 cm³/mol. The van der Waals surface area contributed by atoms with Crippen LogP contribution in [0.5, 0.6) is 0 Å². The average molecular weight is 1470 g/mol. The second kappa shape index (κ2) is 79.4. The molecule has 0 saturated heterocycles. The van der Waals surface area contributed by atoms with Crippen LogP contribution in [0.2, 0.25) is 0 Å². The van der Waals surface area contributed by atoms with E-state index >= 15 is 0 Å². The van der Waals surface area contributed by atoms with Crippen LogP contribution >= 0.6 is 48.9 Å². The number of nitrogens with zero attached hydrogens (tertiary/aromatic N) is 4. The molecular formula is C68H136N4PbS8. The molecule has 0 radical (unpaired) electrons. The number of rotatable bonds is 56. The molecule has 0 aromatic heterocycles. The summed E-state index contributed by atoms with van der Waals surface area (Å²) in [6.45, 7) is 26.7. The molecule has 480 valence electrons.